The highest BCUT2D eigenvalue weighted by Crippen LogP contribution is 2.30. The molecule has 0 radical (unpaired) electrons. The molecule has 0 spiro atoms. The average molecular weight is 679 g/mol. The molecule has 3 aromatic rings. The Bertz CT molecular complexity index is 1200. The van der Waals surface area contributed by atoms with Gasteiger partial charge in [-0.1, -0.05) is 0 Å². The average Bonchev–Trinajstić information content (AvgIpc) is 3.16. The normalized spacial score (nSPS) is 11.0. The smallest absolute Gasteiger partial charge is 0.344 e. The van der Waals surface area contributed by atoms with E-state index in [9.17, 15) is 19.7 Å². The third kappa shape index (κ3) is 6.13. The lowest BCUT2D eigenvalue weighted by Crippen LogP contribution is -2.16. The molecule has 0 unspecified atom stereocenters. The summed E-state index contributed by atoms with van der Waals surface area (Å²) in [5.41, 5.74) is 3.17. The number of carbonyl (C=O) groups excluding carboxylic acids is 2. The number of hydrazone groups is 1. The van der Waals surface area contributed by atoms with E-state index in [0.29, 0.717) is 22.6 Å². The summed E-state index contributed by atoms with van der Waals surface area (Å²) < 4.78 is 12.7. The first kappa shape index (κ1) is 24.3. The molecule has 0 aliphatic heterocycles. The van der Waals surface area contributed by atoms with Crippen molar-refractivity contribution in [2.45, 2.75) is 6.92 Å². The topological polar surface area (TPSA) is 120 Å². The summed E-state index contributed by atoms with van der Waals surface area (Å²) in [6.07, 6.45) is 1.50. The minimum Gasteiger partial charge on any atom is -0.480 e. The van der Waals surface area contributed by atoms with Gasteiger partial charge in [0.05, 0.1) is 29.8 Å². The van der Waals surface area contributed by atoms with Crippen LogP contribution in [0.5, 0.6) is 5.75 Å². The van der Waals surface area contributed by atoms with Gasteiger partial charge >= 0.3 is 5.97 Å². The van der Waals surface area contributed by atoms with Crippen LogP contribution in [0.4, 0.5) is 5.69 Å². The molecule has 32 heavy (non-hydrogen) atoms. The Kier molecular flexibility index (Phi) is 8.36. The number of hydrogen-bond donors (Lipinski definition) is 1. The van der Waals surface area contributed by atoms with Crippen LogP contribution in [-0.2, 0) is 9.53 Å². The van der Waals surface area contributed by atoms with E-state index >= 15 is 0 Å². The molecule has 0 aliphatic rings. The molecule has 0 fully saturated rings. The molecule has 0 aliphatic carbocycles. The van der Waals surface area contributed by atoms with Gasteiger partial charge in [0.1, 0.15) is 5.75 Å². The predicted molar refractivity (Wildman–Crippen MR) is 138 cm³/mol. The minimum atomic E-state index is -0.475. The fourth-order valence-corrected chi connectivity index (χ4v) is 5.66. The largest absolute Gasteiger partial charge is 0.480 e. The summed E-state index contributed by atoms with van der Waals surface area (Å²) >= 11 is 5.41. The first-order valence-electron chi connectivity index (χ1n) is 9.07. The van der Waals surface area contributed by atoms with E-state index < -0.39 is 16.8 Å². The van der Waals surface area contributed by atoms with Gasteiger partial charge < -0.3 is 9.47 Å². The number of nitrogens with one attached hydrogen (secondary N) is 1. The Balaban J connectivity index is 1.66. The first-order chi connectivity index (χ1) is 15.3. The van der Waals surface area contributed by atoms with Crippen molar-refractivity contribution < 1.29 is 24.0 Å². The lowest BCUT2D eigenvalue weighted by molar-refractivity contribution is -0.384. The van der Waals surface area contributed by atoms with Crippen LogP contribution in [-0.4, -0.2) is 36.2 Å². The van der Waals surface area contributed by atoms with Crippen LogP contribution in [0.15, 0.2) is 41.5 Å². The van der Waals surface area contributed by atoms with E-state index in [1.807, 2.05) is 0 Å². The van der Waals surface area contributed by atoms with Crippen molar-refractivity contribution in [1.29, 1.82) is 0 Å². The SMILES string of the molecule is CCOC(=O)COc1c(I)cc(/C=N\NC(=O)c2cc3cc([N+](=O)[O-])ccc3s2)cc1I. The summed E-state index contributed by atoms with van der Waals surface area (Å²) in [5, 5.41) is 15.5. The standard InChI is InChI=1S/C20H15I2N3O6S/c1-2-30-18(26)10-31-19-14(21)5-11(6-15(19)22)9-23-24-20(27)17-8-12-7-13(25(28)29)3-4-16(12)32-17/h3-9H,2,10H2,1H3,(H,24,27)/b23-9-. The van der Waals surface area contributed by atoms with Crippen LogP contribution in [0, 0.1) is 17.3 Å². The summed E-state index contributed by atoms with van der Waals surface area (Å²) in [6.45, 7) is 1.84. The Morgan fingerprint density at radius 1 is 1.22 bits per heavy atom. The number of benzene rings is 2. The van der Waals surface area contributed by atoms with Crippen molar-refractivity contribution in [3.05, 3.63) is 64.1 Å². The molecule has 9 nitrogen and oxygen atoms in total. The minimum absolute atomic E-state index is 0.0285. The van der Waals surface area contributed by atoms with Crippen molar-refractivity contribution in [3.63, 3.8) is 0 Å². The molecular formula is C20H15I2N3O6S. The maximum Gasteiger partial charge on any atom is 0.344 e. The molecular weight excluding hydrogens is 664 g/mol. The highest BCUT2D eigenvalue weighted by molar-refractivity contribution is 14.1. The third-order valence-electron chi connectivity index (χ3n) is 3.97. The number of fused-ring (bicyclic) bond motifs is 1. The van der Waals surface area contributed by atoms with Crippen LogP contribution in [0.2, 0.25) is 0 Å². The zero-order chi connectivity index (χ0) is 23.3. The Morgan fingerprint density at radius 2 is 1.94 bits per heavy atom. The fourth-order valence-electron chi connectivity index (χ4n) is 2.60. The van der Waals surface area contributed by atoms with Crippen molar-refractivity contribution in [1.82, 2.24) is 5.43 Å². The molecule has 1 heterocycles. The maximum atomic E-state index is 12.4. The number of esters is 1. The van der Waals surface area contributed by atoms with Gasteiger partial charge in [0.15, 0.2) is 6.61 Å². The number of rotatable bonds is 8. The van der Waals surface area contributed by atoms with Gasteiger partial charge in [-0.25, -0.2) is 10.2 Å². The summed E-state index contributed by atoms with van der Waals surface area (Å²) in [5.74, 6) is -0.285. The van der Waals surface area contributed by atoms with Crippen LogP contribution in [0.3, 0.4) is 0 Å². The van der Waals surface area contributed by atoms with Crippen LogP contribution >= 0.6 is 56.5 Å². The molecule has 1 amide bonds. The van der Waals surface area contributed by atoms with E-state index in [2.05, 4.69) is 55.7 Å². The van der Waals surface area contributed by atoms with Crippen LogP contribution in [0.1, 0.15) is 22.2 Å². The Morgan fingerprint density at radius 3 is 2.59 bits per heavy atom. The van der Waals surface area contributed by atoms with Crippen molar-refractivity contribution >= 4 is 90.4 Å². The predicted octanol–water partition coefficient (Wildman–Crippen LogP) is 4.72. The second kappa shape index (κ2) is 11.0. The third-order valence-corrected chi connectivity index (χ3v) is 6.69. The molecule has 1 aromatic heterocycles. The van der Waals surface area contributed by atoms with Crippen molar-refractivity contribution in [2.75, 3.05) is 13.2 Å². The first-order valence-corrected chi connectivity index (χ1v) is 12.0. The number of carbonyl (C=O) groups is 2. The molecule has 3 rings (SSSR count). The van der Waals surface area contributed by atoms with Gasteiger partial charge in [-0.15, -0.1) is 11.3 Å². The molecule has 12 heteroatoms. The number of ether oxygens (including phenoxy) is 2. The summed E-state index contributed by atoms with van der Waals surface area (Å²) in [4.78, 5) is 34.7. The van der Waals surface area contributed by atoms with Crippen molar-refractivity contribution in [2.24, 2.45) is 5.10 Å². The highest BCUT2D eigenvalue weighted by atomic mass is 127. The molecule has 1 N–H and O–H groups in total. The van der Waals surface area contributed by atoms with E-state index in [0.717, 1.165) is 17.4 Å². The second-order valence-electron chi connectivity index (χ2n) is 6.20. The van der Waals surface area contributed by atoms with Crippen LogP contribution in [0.25, 0.3) is 10.1 Å². The number of nitro benzene ring substituents is 1. The van der Waals surface area contributed by atoms with E-state index in [1.54, 1.807) is 31.2 Å². The molecule has 166 valence electrons. The van der Waals surface area contributed by atoms with Gasteiger partial charge in [0.2, 0.25) is 0 Å². The Hall–Kier alpha value is -2.33. The number of hydrogen-bond acceptors (Lipinski definition) is 8. The summed E-state index contributed by atoms with van der Waals surface area (Å²) in [6, 6.07) is 9.66. The number of nitrogens with zero attached hydrogens (tertiary/aromatic N) is 2. The van der Waals surface area contributed by atoms with E-state index in [1.165, 1.54) is 29.7 Å². The van der Waals surface area contributed by atoms with Gasteiger partial charge in [-0.2, -0.15) is 5.10 Å². The molecule has 0 saturated carbocycles. The highest BCUT2D eigenvalue weighted by Gasteiger charge is 2.14. The second-order valence-corrected chi connectivity index (χ2v) is 9.60. The fraction of sp³-hybridized carbons (Fsp3) is 0.150. The molecule has 2 aromatic carbocycles. The zero-order valence-corrected chi connectivity index (χ0v) is 21.6. The number of nitro groups is 1. The van der Waals surface area contributed by atoms with Crippen LogP contribution < -0.4 is 10.2 Å². The van der Waals surface area contributed by atoms with E-state index in [-0.39, 0.29) is 12.3 Å². The van der Waals surface area contributed by atoms with Gasteiger partial charge in [-0.3, -0.25) is 14.9 Å². The number of amides is 1. The number of halogens is 2. The van der Waals surface area contributed by atoms with Gasteiger partial charge in [0.25, 0.3) is 11.6 Å². The monoisotopic (exact) mass is 679 g/mol. The van der Waals surface area contributed by atoms with E-state index in [4.69, 9.17) is 9.47 Å². The number of non-ortho nitro benzene ring substituents is 1. The summed E-state index contributed by atoms with van der Waals surface area (Å²) in [7, 11) is 0. The molecule has 0 bridgehead atoms. The Labute approximate surface area is 213 Å². The van der Waals surface area contributed by atoms with Gasteiger partial charge in [-0.05, 0) is 81.9 Å². The molecule has 0 saturated heterocycles. The zero-order valence-electron chi connectivity index (χ0n) is 16.5. The quantitative estimate of drug-likeness (QED) is 0.121. The van der Waals surface area contributed by atoms with Gasteiger partial charge in [0, 0.05) is 22.2 Å². The lowest BCUT2D eigenvalue weighted by Gasteiger charge is -2.10. The van der Waals surface area contributed by atoms with Crippen molar-refractivity contribution in [3.8, 4) is 5.75 Å². The maximum absolute atomic E-state index is 12.4. The number of thiophene rings is 1. The molecule has 0 atom stereocenters. The lowest BCUT2D eigenvalue weighted by atomic mass is 10.2.